The topological polar surface area (TPSA) is 32.3 Å². The van der Waals surface area contributed by atoms with Crippen LogP contribution in [-0.2, 0) is 4.79 Å². The quantitative estimate of drug-likeness (QED) is 0.708. The van der Waals surface area contributed by atoms with Crippen LogP contribution in [0.25, 0.3) is 0 Å². The van der Waals surface area contributed by atoms with Gasteiger partial charge in [0.2, 0.25) is 5.91 Å². The number of hydrogen-bond acceptors (Lipinski definition) is 2. The molecule has 106 valence electrons. The number of nitrogens with zero attached hydrogens (tertiary/aromatic N) is 1. The van der Waals surface area contributed by atoms with Crippen molar-refractivity contribution in [2.24, 2.45) is 11.8 Å². The summed E-state index contributed by atoms with van der Waals surface area (Å²) in [5.74, 6) is 2.00. The molecule has 0 spiro atoms. The monoisotopic (exact) mass is 254 g/mol. The molecule has 1 saturated carbocycles. The summed E-state index contributed by atoms with van der Waals surface area (Å²) < 4.78 is 0. The molecule has 2 atom stereocenters. The molecule has 1 amide bonds. The van der Waals surface area contributed by atoms with Gasteiger partial charge in [0.25, 0.3) is 0 Å². The summed E-state index contributed by atoms with van der Waals surface area (Å²) in [6, 6.07) is 0. The second-order valence-corrected chi connectivity index (χ2v) is 5.66. The number of hydrogen-bond donors (Lipinski definition) is 1. The van der Waals surface area contributed by atoms with Gasteiger partial charge in [0.15, 0.2) is 0 Å². The van der Waals surface area contributed by atoms with Gasteiger partial charge in [-0.3, -0.25) is 4.79 Å². The maximum atomic E-state index is 11.8. The van der Waals surface area contributed by atoms with Crippen LogP contribution >= 0.6 is 0 Å². The standard InChI is InChI=1S/C15H30N2O/c1-4-17(5-2)15(18)9-10-16-12-14-8-6-7-13(3)11-14/h13-14,16H,4-12H2,1-3H3. The Hall–Kier alpha value is -0.570. The highest BCUT2D eigenvalue weighted by Crippen LogP contribution is 2.27. The largest absolute Gasteiger partial charge is 0.343 e. The van der Waals surface area contributed by atoms with E-state index in [1.165, 1.54) is 25.7 Å². The lowest BCUT2D eigenvalue weighted by atomic mass is 9.82. The van der Waals surface area contributed by atoms with E-state index in [0.29, 0.717) is 6.42 Å². The molecular formula is C15H30N2O. The minimum Gasteiger partial charge on any atom is -0.343 e. The Morgan fingerprint density at radius 1 is 1.28 bits per heavy atom. The van der Waals surface area contributed by atoms with Crippen molar-refractivity contribution in [3.63, 3.8) is 0 Å². The lowest BCUT2D eigenvalue weighted by molar-refractivity contribution is -0.130. The molecule has 1 rings (SSSR count). The summed E-state index contributed by atoms with van der Waals surface area (Å²) in [6.07, 6.45) is 6.14. The van der Waals surface area contributed by atoms with Crippen molar-refractivity contribution < 1.29 is 4.79 Å². The van der Waals surface area contributed by atoms with Crippen molar-refractivity contribution in [3.8, 4) is 0 Å². The Labute approximate surface area is 112 Å². The molecule has 0 aliphatic heterocycles. The highest BCUT2D eigenvalue weighted by molar-refractivity contribution is 5.76. The first-order valence-electron chi connectivity index (χ1n) is 7.65. The number of carbonyl (C=O) groups excluding carboxylic acids is 1. The van der Waals surface area contributed by atoms with Gasteiger partial charge < -0.3 is 10.2 Å². The van der Waals surface area contributed by atoms with E-state index < -0.39 is 0 Å². The van der Waals surface area contributed by atoms with Crippen LogP contribution in [0, 0.1) is 11.8 Å². The third-order valence-electron chi connectivity index (χ3n) is 4.11. The van der Waals surface area contributed by atoms with E-state index in [1.54, 1.807) is 0 Å². The molecule has 3 nitrogen and oxygen atoms in total. The molecule has 1 fully saturated rings. The zero-order valence-electron chi connectivity index (χ0n) is 12.4. The number of rotatable bonds is 7. The van der Waals surface area contributed by atoms with Crippen LogP contribution in [0.2, 0.25) is 0 Å². The zero-order chi connectivity index (χ0) is 13.4. The van der Waals surface area contributed by atoms with Gasteiger partial charge in [-0.15, -0.1) is 0 Å². The van der Waals surface area contributed by atoms with E-state index in [4.69, 9.17) is 0 Å². The van der Waals surface area contributed by atoms with Crippen LogP contribution < -0.4 is 5.32 Å². The Kier molecular flexibility index (Phi) is 7.33. The first-order valence-corrected chi connectivity index (χ1v) is 7.65. The number of carbonyl (C=O) groups is 1. The summed E-state index contributed by atoms with van der Waals surface area (Å²) in [6.45, 7) is 10.0. The predicted octanol–water partition coefficient (Wildman–Crippen LogP) is 2.66. The Balaban J connectivity index is 2.09. The molecule has 1 aliphatic carbocycles. The molecule has 3 heteroatoms. The fourth-order valence-corrected chi connectivity index (χ4v) is 2.98. The van der Waals surface area contributed by atoms with Crippen LogP contribution in [0.4, 0.5) is 0 Å². The average Bonchev–Trinajstić information content (AvgIpc) is 2.36. The van der Waals surface area contributed by atoms with Crippen LogP contribution in [0.5, 0.6) is 0 Å². The first kappa shape index (κ1) is 15.5. The Morgan fingerprint density at radius 3 is 2.61 bits per heavy atom. The molecule has 0 aromatic heterocycles. The Bertz CT molecular complexity index is 239. The fraction of sp³-hybridized carbons (Fsp3) is 0.933. The molecule has 2 unspecified atom stereocenters. The summed E-state index contributed by atoms with van der Waals surface area (Å²) in [7, 11) is 0. The first-order chi connectivity index (χ1) is 8.67. The Morgan fingerprint density at radius 2 is 2.00 bits per heavy atom. The van der Waals surface area contributed by atoms with E-state index in [-0.39, 0.29) is 5.91 Å². The van der Waals surface area contributed by atoms with Crippen molar-refractivity contribution in [1.82, 2.24) is 10.2 Å². The van der Waals surface area contributed by atoms with Crippen molar-refractivity contribution in [3.05, 3.63) is 0 Å². The van der Waals surface area contributed by atoms with E-state index in [9.17, 15) is 4.79 Å². The highest BCUT2D eigenvalue weighted by Gasteiger charge is 2.18. The van der Waals surface area contributed by atoms with Gasteiger partial charge in [0.1, 0.15) is 0 Å². The maximum absolute atomic E-state index is 11.8. The second kappa shape index (κ2) is 8.52. The minimum absolute atomic E-state index is 0.282. The molecule has 0 heterocycles. The van der Waals surface area contributed by atoms with E-state index in [2.05, 4.69) is 12.2 Å². The van der Waals surface area contributed by atoms with Crippen LogP contribution in [0.15, 0.2) is 0 Å². The van der Waals surface area contributed by atoms with Crippen molar-refractivity contribution in [2.75, 3.05) is 26.2 Å². The van der Waals surface area contributed by atoms with Crippen molar-refractivity contribution >= 4 is 5.91 Å². The highest BCUT2D eigenvalue weighted by atomic mass is 16.2. The summed E-state index contributed by atoms with van der Waals surface area (Å²) in [4.78, 5) is 13.7. The molecule has 0 aromatic carbocycles. The van der Waals surface area contributed by atoms with Crippen molar-refractivity contribution in [1.29, 1.82) is 0 Å². The normalized spacial score (nSPS) is 23.9. The molecular weight excluding hydrogens is 224 g/mol. The number of amides is 1. The molecule has 1 N–H and O–H groups in total. The van der Waals surface area contributed by atoms with Gasteiger partial charge in [0.05, 0.1) is 0 Å². The predicted molar refractivity (Wildman–Crippen MR) is 76.5 cm³/mol. The van der Waals surface area contributed by atoms with Gasteiger partial charge in [-0.25, -0.2) is 0 Å². The van der Waals surface area contributed by atoms with E-state index in [0.717, 1.165) is 38.0 Å². The zero-order valence-corrected chi connectivity index (χ0v) is 12.4. The van der Waals surface area contributed by atoms with Gasteiger partial charge in [0, 0.05) is 26.1 Å². The molecule has 0 radical (unpaired) electrons. The van der Waals surface area contributed by atoms with Gasteiger partial charge in [-0.2, -0.15) is 0 Å². The van der Waals surface area contributed by atoms with Gasteiger partial charge >= 0.3 is 0 Å². The van der Waals surface area contributed by atoms with Gasteiger partial charge in [-0.1, -0.05) is 19.8 Å². The lowest BCUT2D eigenvalue weighted by Gasteiger charge is -2.27. The summed E-state index contributed by atoms with van der Waals surface area (Å²) in [5.41, 5.74) is 0. The second-order valence-electron chi connectivity index (χ2n) is 5.66. The fourth-order valence-electron chi connectivity index (χ4n) is 2.98. The van der Waals surface area contributed by atoms with Crippen LogP contribution in [0.3, 0.4) is 0 Å². The maximum Gasteiger partial charge on any atom is 0.223 e. The van der Waals surface area contributed by atoms with Crippen LogP contribution in [-0.4, -0.2) is 37.0 Å². The van der Waals surface area contributed by atoms with Gasteiger partial charge in [-0.05, 0) is 45.1 Å². The SMILES string of the molecule is CCN(CC)C(=O)CCNCC1CCCC(C)C1. The third-order valence-corrected chi connectivity index (χ3v) is 4.11. The lowest BCUT2D eigenvalue weighted by Crippen LogP contribution is -2.34. The summed E-state index contributed by atoms with van der Waals surface area (Å²) >= 11 is 0. The molecule has 0 bridgehead atoms. The molecule has 0 aromatic rings. The molecule has 0 saturated heterocycles. The smallest absolute Gasteiger partial charge is 0.223 e. The van der Waals surface area contributed by atoms with E-state index >= 15 is 0 Å². The van der Waals surface area contributed by atoms with Crippen LogP contribution in [0.1, 0.15) is 52.9 Å². The molecule has 1 aliphatic rings. The van der Waals surface area contributed by atoms with Crippen molar-refractivity contribution in [2.45, 2.75) is 52.9 Å². The third kappa shape index (κ3) is 5.38. The average molecular weight is 254 g/mol. The minimum atomic E-state index is 0.282. The molecule has 18 heavy (non-hydrogen) atoms. The summed E-state index contributed by atoms with van der Waals surface area (Å²) in [5, 5.41) is 3.46. The van der Waals surface area contributed by atoms with E-state index in [1.807, 2.05) is 18.7 Å². The number of nitrogens with one attached hydrogen (secondary N) is 1.